The topological polar surface area (TPSA) is 60.9 Å². The van der Waals surface area contributed by atoms with Crippen molar-refractivity contribution >= 4 is 29.2 Å². The summed E-state index contributed by atoms with van der Waals surface area (Å²) in [6.07, 6.45) is 3.65. The second-order valence-corrected chi connectivity index (χ2v) is 8.93. The largest absolute Gasteiger partial charge is 0.478 e. The number of rotatable bonds is 4. The number of hydrogen-bond donors (Lipinski definition) is 1. The maximum Gasteiger partial charge on any atom is 0.337 e. The molecular formula is C24H25ClF2N2O3. The number of hydrogen-bond acceptors (Lipinski definition) is 3. The number of benzene rings is 2. The summed E-state index contributed by atoms with van der Waals surface area (Å²) in [6, 6.07) is 8.52. The van der Waals surface area contributed by atoms with E-state index in [0.29, 0.717) is 24.9 Å². The first-order chi connectivity index (χ1) is 15.3. The van der Waals surface area contributed by atoms with E-state index in [1.807, 2.05) is 0 Å². The van der Waals surface area contributed by atoms with Gasteiger partial charge in [-0.1, -0.05) is 17.7 Å². The Morgan fingerprint density at radius 2 is 1.47 bits per heavy atom. The highest BCUT2D eigenvalue weighted by Gasteiger charge is 2.32. The summed E-state index contributed by atoms with van der Waals surface area (Å²) < 4.78 is 27.9. The number of carbonyl (C=O) groups is 2. The van der Waals surface area contributed by atoms with Gasteiger partial charge in [-0.3, -0.25) is 4.79 Å². The van der Waals surface area contributed by atoms with E-state index >= 15 is 0 Å². The van der Waals surface area contributed by atoms with Crippen LogP contribution in [0.5, 0.6) is 0 Å². The Hall–Kier alpha value is -2.67. The first kappa shape index (κ1) is 22.5. The van der Waals surface area contributed by atoms with Gasteiger partial charge in [0.15, 0.2) is 0 Å². The number of likely N-dealkylation sites (tertiary alicyclic amines) is 1. The molecule has 2 aromatic rings. The first-order valence-electron chi connectivity index (χ1n) is 10.9. The monoisotopic (exact) mass is 462 g/mol. The molecule has 170 valence electrons. The zero-order valence-corrected chi connectivity index (χ0v) is 18.3. The van der Waals surface area contributed by atoms with E-state index in [-0.39, 0.29) is 10.6 Å². The van der Waals surface area contributed by atoms with Gasteiger partial charge in [-0.05, 0) is 67.9 Å². The molecular weight excluding hydrogens is 438 g/mol. The molecule has 1 amide bonds. The lowest BCUT2D eigenvalue weighted by Gasteiger charge is -2.41. The zero-order valence-electron chi connectivity index (χ0n) is 17.6. The lowest BCUT2D eigenvalue weighted by Crippen LogP contribution is -2.43. The number of halogens is 3. The van der Waals surface area contributed by atoms with Crippen molar-refractivity contribution in [1.82, 2.24) is 4.90 Å². The number of aromatic carboxylic acids is 1. The number of piperidine rings is 2. The summed E-state index contributed by atoms with van der Waals surface area (Å²) in [5, 5.41) is 9.37. The molecule has 0 saturated carbocycles. The van der Waals surface area contributed by atoms with Gasteiger partial charge in [-0.15, -0.1) is 0 Å². The molecule has 4 rings (SSSR count). The Morgan fingerprint density at radius 3 is 2.00 bits per heavy atom. The Morgan fingerprint density at radius 1 is 0.906 bits per heavy atom. The number of carbonyl (C=O) groups excluding carboxylic acids is 1. The molecule has 0 aromatic heterocycles. The van der Waals surface area contributed by atoms with E-state index in [1.54, 1.807) is 17.0 Å². The van der Waals surface area contributed by atoms with E-state index in [0.717, 1.165) is 56.6 Å². The molecule has 5 nitrogen and oxygen atoms in total. The van der Waals surface area contributed by atoms with Crippen molar-refractivity contribution in [1.29, 1.82) is 0 Å². The van der Waals surface area contributed by atoms with Gasteiger partial charge in [-0.2, -0.15) is 0 Å². The number of carboxylic acids is 1. The van der Waals surface area contributed by atoms with Crippen LogP contribution in [0.2, 0.25) is 5.02 Å². The normalized spacial score (nSPS) is 18.1. The summed E-state index contributed by atoms with van der Waals surface area (Å²) in [5.41, 5.74) is 0.555. The van der Waals surface area contributed by atoms with E-state index in [1.165, 1.54) is 12.1 Å². The second kappa shape index (κ2) is 9.45. The van der Waals surface area contributed by atoms with Crippen molar-refractivity contribution in [3.8, 4) is 0 Å². The number of anilines is 1. The van der Waals surface area contributed by atoms with Gasteiger partial charge in [0, 0.05) is 31.9 Å². The van der Waals surface area contributed by atoms with E-state index in [9.17, 15) is 18.4 Å². The molecule has 0 radical (unpaired) electrons. The smallest absolute Gasteiger partial charge is 0.337 e. The Balaban J connectivity index is 1.31. The highest BCUT2D eigenvalue weighted by molar-refractivity contribution is 6.33. The molecule has 1 N–H and O–H groups in total. The van der Waals surface area contributed by atoms with Crippen LogP contribution in [-0.4, -0.2) is 48.1 Å². The maximum atomic E-state index is 14.0. The van der Waals surface area contributed by atoms with Gasteiger partial charge in [0.1, 0.15) is 17.2 Å². The fraction of sp³-hybridized carbons (Fsp3) is 0.417. The number of nitrogens with zero attached hydrogens (tertiary/aromatic N) is 2. The quantitative estimate of drug-likeness (QED) is 0.688. The van der Waals surface area contributed by atoms with Crippen LogP contribution < -0.4 is 4.90 Å². The summed E-state index contributed by atoms with van der Waals surface area (Å²) >= 11 is 6.11. The second-order valence-electron chi connectivity index (χ2n) is 8.52. The highest BCUT2D eigenvalue weighted by Crippen LogP contribution is 2.35. The number of amides is 1. The van der Waals surface area contributed by atoms with Crippen LogP contribution in [-0.2, 0) is 0 Å². The maximum absolute atomic E-state index is 14.0. The van der Waals surface area contributed by atoms with Gasteiger partial charge in [0.05, 0.1) is 10.6 Å². The van der Waals surface area contributed by atoms with Crippen molar-refractivity contribution in [2.75, 3.05) is 31.1 Å². The summed E-state index contributed by atoms with van der Waals surface area (Å²) in [6.45, 7) is 2.72. The standard InChI is InChI=1S/C24H25ClF2N2O3/c25-19-14-17(4-5-18(19)24(31)32)28-10-6-15(7-11-28)16-8-12-29(13-9-16)23(30)22-20(26)2-1-3-21(22)27/h1-5,14-16H,6-13H2,(H,31,32). The molecule has 0 spiro atoms. The van der Waals surface area contributed by atoms with E-state index in [4.69, 9.17) is 16.7 Å². The van der Waals surface area contributed by atoms with Crippen LogP contribution in [0.1, 0.15) is 46.4 Å². The SMILES string of the molecule is O=C(O)c1ccc(N2CCC(C3CCN(C(=O)c4c(F)cccc4F)CC3)CC2)cc1Cl. The van der Waals surface area contributed by atoms with Gasteiger partial charge < -0.3 is 14.9 Å². The first-order valence-corrected chi connectivity index (χ1v) is 11.2. The summed E-state index contributed by atoms with van der Waals surface area (Å²) in [4.78, 5) is 27.5. The predicted molar refractivity (Wildman–Crippen MR) is 118 cm³/mol. The molecule has 2 aromatic carbocycles. The van der Waals surface area contributed by atoms with Crippen molar-refractivity contribution in [2.24, 2.45) is 11.8 Å². The lowest BCUT2D eigenvalue weighted by molar-refractivity contribution is 0.0634. The molecule has 0 unspecified atom stereocenters. The van der Waals surface area contributed by atoms with Crippen LogP contribution in [0.25, 0.3) is 0 Å². The molecule has 32 heavy (non-hydrogen) atoms. The Bertz CT molecular complexity index is 996. The van der Waals surface area contributed by atoms with Crippen LogP contribution in [0, 0.1) is 23.5 Å². The molecule has 2 aliphatic rings. The third kappa shape index (κ3) is 4.58. The molecule has 8 heteroatoms. The van der Waals surface area contributed by atoms with Gasteiger partial charge in [-0.25, -0.2) is 13.6 Å². The van der Waals surface area contributed by atoms with Crippen LogP contribution >= 0.6 is 11.6 Å². The fourth-order valence-corrected chi connectivity index (χ4v) is 5.19. The van der Waals surface area contributed by atoms with Gasteiger partial charge in [0.2, 0.25) is 0 Å². The zero-order chi connectivity index (χ0) is 22.8. The van der Waals surface area contributed by atoms with Crippen LogP contribution in [0.15, 0.2) is 36.4 Å². The molecule has 2 fully saturated rings. The van der Waals surface area contributed by atoms with Crippen molar-refractivity contribution in [3.05, 3.63) is 64.2 Å². The Labute approximate surface area is 190 Å². The minimum atomic E-state index is -1.04. The highest BCUT2D eigenvalue weighted by atomic mass is 35.5. The molecule has 0 atom stereocenters. The van der Waals surface area contributed by atoms with Crippen LogP contribution in [0.3, 0.4) is 0 Å². The molecule has 2 aliphatic heterocycles. The third-order valence-corrected chi connectivity index (χ3v) is 7.07. The van der Waals surface area contributed by atoms with Gasteiger partial charge in [0.25, 0.3) is 5.91 Å². The van der Waals surface area contributed by atoms with E-state index in [2.05, 4.69) is 4.90 Å². The molecule has 2 heterocycles. The number of carboxylic acid groups (broad SMARTS) is 1. The average Bonchev–Trinajstić information content (AvgIpc) is 2.79. The molecule has 0 aliphatic carbocycles. The summed E-state index contributed by atoms with van der Waals surface area (Å²) in [5.74, 6) is -2.24. The molecule has 0 bridgehead atoms. The summed E-state index contributed by atoms with van der Waals surface area (Å²) in [7, 11) is 0. The van der Waals surface area contributed by atoms with Crippen LogP contribution in [0.4, 0.5) is 14.5 Å². The van der Waals surface area contributed by atoms with E-state index < -0.39 is 29.1 Å². The average molecular weight is 463 g/mol. The Kier molecular flexibility index (Phi) is 6.65. The third-order valence-electron chi connectivity index (χ3n) is 6.76. The van der Waals surface area contributed by atoms with Gasteiger partial charge >= 0.3 is 5.97 Å². The predicted octanol–water partition coefficient (Wildman–Crippen LogP) is 5.09. The minimum Gasteiger partial charge on any atom is -0.478 e. The van der Waals surface area contributed by atoms with Crippen molar-refractivity contribution in [2.45, 2.75) is 25.7 Å². The molecule has 2 saturated heterocycles. The van der Waals surface area contributed by atoms with Crippen molar-refractivity contribution in [3.63, 3.8) is 0 Å². The fourth-order valence-electron chi connectivity index (χ4n) is 4.94. The minimum absolute atomic E-state index is 0.0990. The van der Waals surface area contributed by atoms with Crippen molar-refractivity contribution < 1.29 is 23.5 Å². The lowest BCUT2D eigenvalue weighted by atomic mass is 9.78.